The number of carbonyl (C=O) groups excluding carboxylic acids is 2. The van der Waals surface area contributed by atoms with Crippen molar-refractivity contribution in [3.05, 3.63) is 74.4 Å². The van der Waals surface area contributed by atoms with Gasteiger partial charge in [0.15, 0.2) is 5.75 Å². The van der Waals surface area contributed by atoms with Gasteiger partial charge < -0.3 is 24.3 Å². The van der Waals surface area contributed by atoms with Crippen LogP contribution in [0.2, 0.25) is 5.02 Å². The molecule has 0 fully saturated rings. The molecule has 0 aliphatic carbocycles. The van der Waals surface area contributed by atoms with Gasteiger partial charge >= 0.3 is 12.7 Å². The average Bonchev–Trinajstić information content (AvgIpc) is 3.22. The molecule has 1 N–H and O–H groups in total. The molecule has 246 valence electrons. The van der Waals surface area contributed by atoms with Crippen LogP contribution in [-0.4, -0.2) is 59.0 Å². The molecule has 1 unspecified atom stereocenters. The second kappa shape index (κ2) is 13.7. The van der Waals surface area contributed by atoms with E-state index < -0.39 is 41.4 Å². The number of alkyl halides is 2. The predicted molar refractivity (Wildman–Crippen MR) is 167 cm³/mol. The van der Waals surface area contributed by atoms with E-state index in [0.717, 1.165) is 13.9 Å². The molecule has 0 bridgehead atoms. The normalized spacial score (nSPS) is 12.3. The fourth-order valence-corrected chi connectivity index (χ4v) is 5.04. The first-order chi connectivity index (χ1) is 21.7. The number of anilines is 1. The Labute approximate surface area is 267 Å². The molecule has 2 aromatic heterocycles. The zero-order valence-corrected chi connectivity index (χ0v) is 26.7. The highest BCUT2D eigenvalue weighted by molar-refractivity contribution is 6.31. The molecule has 0 aliphatic rings. The summed E-state index contributed by atoms with van der Waals surface area (Å²) in [5.41, 5.74) is -1.40. The third kappa shape index (κ3) is 7.23. The van der Waals surface area contributed by atoms with Crippen molar-refractivity contribution in [1.29, 1.82) is 0 Å². The van der Waals surface area contributed by atoms with Gasteiger partial charge in [-0.05, 0) is 63.2 Å². The molecule has 4 aromatic rings. The van der Waals surface area contributed by atoms with Gasteiger partial charge in [0.2, 0.25) is 5.91 Å². The van der Waals surface area contributed by atoms with Crippen LogP contribution in [0.4, 0.5) is 19.3 Å². The molecule has 2 aromatic carbocycles. The van der Waals surface area contributed by atoms with Gasteiger partial charge in [0.05, 0.1) is 18.0 Å². The Balaban J connectivity index is 1.75. The topological polar surface area (TPSA) is 132 Å². The van der Waals surface area contributed by atoms with E-state index in [1.54, 1.807) is 20.8 Å². The van der Waals surface area contributed by atoms with Crippen molar-refractivity contribution in [2.24, 2.45) is 7.05 Å². The van der Waals surface area contributed by atoms with Gasteiger partial charge in [-0.3, -0.25) is 19.0 Å². The van der Waals surface area contributed by atoms with Crippen LogP contribution in [0.25, 0.3) is 22.0 Å². The lowest BCUT2D eigenvalue weighted by Gasteiger charge is -2.22. The van der Waals surface area contributed by atoms with Crippen LogP contribution in [-0.2, 0) is 21.3 Å². The van der Waals surface area contributed by atoms with E-state index in [-0.39, 0.29) is 57.3 Å². The summed E-state index contributed by atoms with van der Waals surface area (Å²) in [4.78, 5) is 53.2. The van der Waals surface area contributed by atoms with Gasteiger partial charge in [-0.25, -0.2) is 9.48 Å². The van der Waals surface area contributed by atoms with Crippen molar-refractivity contribution in [1.82, 2.24) is 13.9 Å². The van der Waals surface area contributed by atoms with E-state index in [2.05, 4.69) is 10.1 Å². The van der Waals surface area contributed by atoms with Crippen molar-refractivity contribution in [2.45, 2.75) is 45.4 Å². The molecule has 15 heteroatoms. The lowest BCUT2D eigenvalue weighted by atomic mass is 10.0. The highest BCUT2D eigenvalue weighted by Crippen LogP contribution is 2.37. The number of rotatable bonds is 10. The third-order valence-corrected chi connectivity index (χ3v) is 7.08. The minimum absolute atomic E-state index is 0.0534. The monoisotopic (exact) mass is 662 g/mol. The van der Waals surface area contributed by atoms with Crippen LogP contribution in [0.1, 0.15) is 33.2 Å². The Morgan fingerprint density at radius 1 is 1.00 bits per heavy atom. The molecular weight excluding hydrogens is 630 g/mol. The maximum Gasteiger partial charge on any atom is 0.434 e. The van der Waals surface area contributed by atoms with E-state index in [4.69, 9.17) is 25.8 Å². The highest BCUT2D eigenvalue weighted by atomic mass is 35.5. The third-order valence-electron chi connectivity index (χ3n) is 6.85. The number of amides is 1. The van der Waals surface area contributed by atoms with Crippen molar-refractivity contribution in [3.8, 4) is 22.6 Å². The first kappa shape index (κ1) is 34.2. The number of hydrogen-bond acceptors (Lipinski definition) is 8. The molecule has 1 atom stereocenters. The number of methoxy groups -OCH3 is 2. The Morgan fingerprint density at radius 3 is 2.35 bits per heavy atom. The molecule has 0 saturated heterocycles. The van der Waals surface area contributed by atoms with Crippen LogP contribution >= 0.6 is 11.6 Å². The Hall–Kier alpha value is -4.69. The summed E-state index contributed by atoms with van der Waals surface area (Å²) in [6.45, 7) is 2.02. The van der Waals surface area contributed by atoms with Crippen LogP contribution in [0.3, 0.4) is 0 Å². The maximum absolute atomic E-state index is 13.7. The van der Waals surface area contributed by atoms with Gasteiger partial charge in [-0.1, -0.05) is 11.6 Å². The van der Waals surface area contributed by atoms with Crippen molar-refractivity contribution in [2.75, 3.05) is 26.1 Å². The number of carbonyl (C=O) groups is 2. The quantitative estimate of drug-likeness (QED) is 0.238. The zero-order chi connectivity index (χ0) is 33.9. The molecule has 12 nitrogen and oxygen atoms in total. The molecule has 0 saturated carbocycles. The second-order valence-corrected chi connectivity index (χ2v) is 11.6. The Morgan fingerprint density at radius 2 is 1.72 bits per heavy atom. The number of nitrogens with one attached hydrogen (secondary N) is 1. The molecule has 2 heterocycles. The van der Waals surface area contributed by atoms with Gasteiger partial charge in [0.1, 0.15) is 17.4 Å². The number of ether oxygens (including phenoxy) is 4. The fourth-order valence-electron chi connectivity index (χ4n) is 4.87. The van der Waals surface area contributed by atoms with E-state index in [0.29, 0.717) is 0 Å². The summed E-state index contributed by atoms with van der Waals surface area (Å²) in [6.07, 6.45) is 0.593. The van der Waals surface area contributed by atoms with Crippen molar-refractivity contribution in [3.63, 3.8) is 0 Å². The summed E-state index contributed by atoms with van der Waals surface area (Å²) in [5.74, 6) is -1.10. The minimum atomic E-state index is -3.14. The number of halogens is 3. The van der Waals surface area contributed by atoms with E-state index in [1.807, 2.05) is 0 Å². The molecular formula is C31H33ClF2N4O8. The Bertz CT molecular complexity index is 1890. The summed E-state index contributed by atoms with van der Waals surface area (Å²) >= 11 is 6.12. The summed E-state index contributed by atoms with van der Waals surface area (Å²) in [6, 6.07) is 8.65. The predicted octanol–water partition coefficient (Wildman–Crippen LogP) is 5.43. The summed E-state index contributed by atoms with van der Waals surface area (Å²) in [5, 5.41) is 3.16. The second-order valence-electron chi connectivity index (χ2n) is 11.1. The molecule has 0 aliphatic heterocycles. The number of aromatic nitrogens is 3. The highest BCUT2D eigenvalue weighted by Gasteiger charge is 2.27. The maximum atomic E-state index is 13.7. The zero-order valence-electron chi connectivity index (χ0n) is 25.9. The Kier molecular flexibility index (Phi) is 10.2. The standard InChI is InChI=1S/C31H33ClF2N4O8/c1-31(2,3)46-30(42)38-23-16-18(8-9-20(23)27(40)36(38)4)35-26(39)22(12-14-43-5)37-13-11-19(25(44-6)28(37)41)21-15-17(32)7-10-24(21)45-29(33)34/h7-11,13,15-16,22,29H,12,14H2,1-6H3,(H,35,39). The number of benzene rings is 2. The fraction of sp³-hybridized carbons (Fsp3) is 0.355. The van der Waals surface area contributed by atoms with Crippen LogP contribution in [0.5, 0.6) is 11.5 Å². The molecule has 4 rings (SSSR count). The minimum Gasteiger partial charge on any atom is -0.491 e. The largest absolute Gasteiger partial charge is 0.491 e. The SMILES string of the molecule is COCCC(C(=O)Nc1ccc2c(=O)n(C)n(C(=O)OC(C)(C)C)c2c1)n1ccc(-c2cc(Cl)ccc2OC(F)F)c(OC)c1=O. The molecule has 0 spiro atoms. The number of hydrogen-bond donors (Lipinski definition) is 1. The van der Waals surface area contributed by atoms with Crippen LogP contribution in [0.15, 0.2) is 58.3 Å². The lowest BCUT2D eigenvalue weighted by Crippen LogP contribution is -2.34. The van der Waals surface area contributed by atoms with Gasteiger partial charge in [0.25, 0.3) is 11.1 Å². The van der Waals surface area contributed by atoms with E-state index in [9.17, 15) is 28.0 Å². The number of nitrogens with zero attached hydrogens (tertiary/aromatic N) is 3. The first-order valence-electron chi connectivity index (χ1n) is 14.0. The van der Waals surface area contributed by atoms with Crippen LogP contribution in [0, 0.1) is 0 Å². The number of pyridine rings is 1. The molecule has 46 heavy (non-hydrogen) atoms. The van der Waals surface area contributed by atoms with Crippen molar-refractivity contribution < 1.29 is 37.3 Å². The molecule has 0 radical (unpaired) electrons. The van der Waals surface area contributed by atoms with E-state index >= 15 is 0 Å². The smallest absolute Gasteiger partial charge is 0.434 e. The summed E-state index contributed by atoms with van der Waals surface area (Å²) in [7, 11) is 4.08. The van der Waals surface area contributed by atoms with Gasteiger partial charge in [-0.2, -0.15) is 13.5 Å². The number of fused-ring (bicyclic) bond motifs is 1. The van der Waals surface area contributed by atoms with Crippen LogP contribution < -0.4 is 25.9 Å². The summed E-state index contributed by atoms with van der Waals surface area (Å²) < 4.78 is 50.2. The lowest BCUT2D eigenvalue weighted by molar-refractivity contribution is -0.119. The molecule has 1 amide bonds. The van der Waals surface area contributed by atoms with Gasteiger partial charge in [0, 0.05) is 55.2 Å². The van der Waals surface area contributed by atoms with E-state index in [1.165, 1.54) is 69.9 Å². The van der Waals surface area contributed by atoms with Gasteiger partial charge in [-0.15, -0.1) is 0 Å². The average molecular weight is 663 g/mol. The first-order valence-corrected chi connectivity index (χ1v) is 14.3. The van der Waals surface area contributed by atoms with Crippen molar-refractivity contribution >= 4 is 40.2 Å².